The summed E-state index contributed by atoms with van der Waals surface area (Å²) in [4.78, 5) is 48.6. The van der Waals surface area contributed by atoms with Crippen LogP contribution in [0.1, 0.15) is 39.3 Å². The molecule has 156 valence electrons. The van der Waals surface area contributed by atoms with Crippen molar-refractivity contribution in [3.05, 3.63) is 30.1 Å². The van der Waals surface area contributed by atoms with Gasteiger partial charge >= 0.3 is 0 Å². The minimum absolute atomic E-state index is 0.125. The predicted molar refractivity (Wildman–Crippen MR) is 107 cm³/mol. The lowest BCUT2D eigenvalue weighted by Gasteiger charge is -2.47. The fourth-order valence-corrected chi connectivity index (χ4v) is 5.16. The maximum Gasteiger partial charge on any atom is 0.242 e. The molecule has 0 N–H and O–H groups in total. The number of carbonyl (C=O) groups is 3. The Kier molecular flexibility index (Phi) is 4.97. The highest BCUT2D eigenvalue weighted by Crippen LogP contribution is 2.59. The first kappa shape index (κ1) is 20.0. The molecular formula is C22H30N4O3. The van der Waals surface area contributed by atoms with E-state index in [1.807, 2.05) is 39.0 Å². The summed E-state index contributed by atoms with van der Waals surface area (Å²) >= 11 is 0. The molecule has 1 aromatic heterocycles. The summed E-state index contributed by atoms with van der Waals surface area (Å²) in [5.74, 6) is -0.652. The van der Waals surface area contributed by atoms with Gasteiger partial charge in [0, 0.05) is 44.8 Å². The summed E-state index contributed by atoms with van der Waals surface area (Å²) in [6.45, 7) is 9.36. The summed E-state index contributed by atoms with van der Waals surface area (Å²) in [5.41, 5.74) is 0.105. The second-order valence-electron chi connectivity index (χ2n) is 9.35. The number of likely N-dealkylation sites (tertiary alicyclic amines) is 1. The summed E-state index contributed by atoms with van der Waals surface area (Å²) in [6.07, 6.45) is 3.23. The van der Waals surface area contributed by atoms with Crippen LogP contribution in [0.5, 0.6) is 0 Å². The zero-order valence-electron chi connectivity index (χ0n) is 17.6. The smallest absolute Gasteiger partial charge is 0.242 e. The summed E-state index contributed by atoms with van der Waals surface area (Å²) < 4.78 is 0. The Morgan fingerprint density at radius 2 is 1.86 bits per heavy atom. The molecule has 3 aliphatic rings. The van der Waals surface area contributed by atoms with E-state index in [9.17, 15) is 14.4 Å². The molecule has 2 saturated heterocycles. The lowest BCUT2D eigenvalue weighted by molar-refractivity contribution is -0.170. The molecule has 2 atom stereocenters. The number of hydrogen-bond acceptors (Lipinski definition) is 5. The van der Waals surface area contributed by atoms with E-state index in [1.165, 1.54) is 4.90 Å². The number of fused-ring (bicyclic) bond motifs is 2. The standard InChI is InChI=1S/C22H30N4O3/c1-21(2)17-7-8-22(21,3)20(29)26(19(17)28)15-18(27)25-12-10-24(11-13-25)14-16-6-4-5-9-23-16/h4-6,9,17H,7-8,10-15H2,1-3H3. The molecule has 3 fully saturated rings. The van der Waals surface area contributed by atoms with Crippen molar-refractivity contribution in [1.29, 1.82) is 0 Å². The van der Waals surface area contributed by atoms with Gasteiger partial charge in [-0.25, -0.2) is 0 Å². The van der Waals surface area contributed by atoms with Gasteiger partial charge in [0.25, 0.3) is 0 Å². The molecule has 3 amide bonds. The lowest BCUT2D eigenvalue weighted by atomic mass is 9.62. The van der Waals surface area contributed by atoms with Crippen LogP contribution in [0.15, 0.2) is 24.4 Å². The second-order valence-corrected chi connectivity index (χ2v) is 9.35. The highest BCUT2D eigenvalue weighted by molar-refractivity contribution is 6.06. The van der Waals surface area contributed by atoms with E-state index >= 15 is 0 Å². The average Bonchev–Trinajstić information content (AvgIpc) is 2.90. The van der Waals surface area contributed by atoms with Crippen LogP contribution in [-0.2, 0) is 20.9 Å². The van der Waals surface area contributed by atoms with E-state index < -0.39 is 5.41 Å². The summed E-state index contributed by atoms with van der Waals surface area (Å²) in [7, 11) is 0. The van der Waals surface area contributed by atoms with Gasteiger partial charge in [-0.3, -0.25) is 29.2 Å². The number of nitrogens with zero attached hydrogens (tertiary/aromatic N) is 4. The monoisotopic (exact) mass is 398 g/mol. The van der Waals surface area contributed by atoms with Crippen LogP contribution in [0, 0.1) is 16.7 Å². The van der Waals surface area contributed by atoms with Gasteiger partial charge in [-0.2, -0.15) is 0 Å². The molecule has 2 aliphatic heterocycles. The number of imide groups is 1. The van der Waals surface area contributed by atoms with Crippen molar-refractivity contribution in [3.8, 4) is 0 Å². The third-order valence-electron chi connectivity index (χ3n) is 7.64. The number of carbonyl (C=O) groups excluding carboxylic acids is 3. The molecule has 0 spiro atoms. The Balaban J connectivity index is 1.36. The third-order valence-corrected chi connectivity index (χ3v) is 7.64. The van der Waals surface area contributed by atoms with Crippen molar-refractivity contribution in [2.45, 2.75) is 40.2 Å². The third kappa shape index (κ3) is 3.25. The maximum absolute atomic E-state index is 13.1. The number of pyridine rings is 1. The number of aromatic nitrogens is 1. The molecule has 3 heterocycles. The van der Waals surface area contributed by atoms with Crippen LogP contribution in [0.3, 0.4) is 0 Å². The van der Waals surface area contributed by atoms with Crippen LogP contribution >= 0.6 is 0 Å². The first-order chi connectivity index (χ1) is 13.7. The van der Waals surface area contributed by atoms with Crippen LogP contribution in [0.4, 0.5) is 0 Å². The van der Waals surface area contributed by atoms with Gasteiger partial charge in [0.05, 0.1) is 11.1 Å². The number of amides is 3. The molecule has 29 heavy (non-hydrogen) atoms. The number of hydrogen-bond donors (Lipinski definition) is 0. The van der Waals surface area contributed by atoms with E-state index in [0.29, 0.717) is 19.5 Å². The van der Waals surface area contributed by atoms with E-state index in [4.69, 9.17) is 0 Å². The van der Waals surface area contributed by atoms with Crippen LogP contribution < -0.4 is 0 Å². The van der Waals surface area contributed by atoms with Gasteiger partial charge in [0.15, 0.2) is 0 Å². The number of rotatable bonds is 4. The highest BCUT2D eigenvalue weighted by Gasteiger charge is 2.64. The Morgan fingerprint density at radius 1 is 1.14 bits per heavy atom. The van der Waals surface area contributed by atoms with E-state index in [-0.39, 0.29) is 35.6 Å². The average molecular weight is 399 g/mol. The SMILES string of the molecule is CC12CCC(C(=O)N(CC(=O)N3CCN(Cc4ccccn4)CC3)C1=O)C2(C)C. The molecular weight excluding hydrogens is 368 g/mol. The van der Waals surface area contributed by atoms with Crippen molar-refractivity contribution in [3.63, 3.8) is 0 Å². The minimum Gasteiger partial charge on any atom is -0.339 e. The maximum atomic E-state index is 13.1. The molecule has 2 bridgehead atoms. The highest BCUT2D eigenvalue weighted by atomic mass is 16.2. The fraction of sp³-hybridized carbons (Fsp3) is 0.636. The van der Waals surface area contributed by atoms with Gasteiger partial charge in [-0.05, 0) is 30.4 Å². The zero-order valence-corrected chi connectivity index (χ0v) is 17.6. The molecule has 7 heteroatoms. The van der Waals surface area contributed by atoms with Gasteiger partial charge in [0.1, 0.15) is 6.54 Å². The van der Waals surface area contributed by atoms with Crippen molar-refractivity contribution >= 4 is 17.7 Å². The van der Waals surface area contributed by atoms with Gasteiger partial charge in [0.2, 0.25) is 17.7 Å². The Bertz CT molecular complexity index is 817. The van der Waals surface area contributed by atoms with E-state index in [2.05, 4.69) is 9.88 Å². The Hall–Kier alpha value is -2.28. The largest absolute Gasteiger partial charge is 0.339 e. The molecule has 4 rings (SSSR count). The lowest BCUT2D eigenvalue weighted by Crippen LogP contribution is -2.61. The molecule has 2 unspecified atom stereocenters. The van der Waals surface area contributed by atoms with Crippen LogP contribution in [0.2, 0.25) is 0 Å². The van der Waals surface area contributed by atoms with Crippen LogP contribution in [-0.4, -0.2) is 70.1 Å². The zero-order chi connectivity index (χ0) is 20.8. The van der Waals surface area contributed by atoms with Gasteiger partial charge in [-0.1, -0.05) is 26.8 Å². The Morgan fingerprint density at radius 3 is 2.52 bits per heavy atom. The number of piperazine rings is 1. The van der Waals surface area contributed by atoms with Crippen molar-refractivity contribution in [2.24, 2.45) is 16.7 Å². The topological polar surface area (TPSA) is 73.8 Å². The molecule has 1 saturated carbocycles. The minimum atomic E-state index is -0.562. The predicted octanol–water partition coefficient (Wildman–Crippen LogP) is 1.54. The van der Waals surface area contributed by atoms with Crippen molar-refractivity contribution in [1.82, 2.24) is 19.7 Å². The molecule has 1 aromatic rings. The first-order valence-corrected chi connectivity index (χ1v) is 10.5. The van der Waals surface area contributed by atoms with Crippen molar-refractivity contribution < 1.29 is 14.4 Å². The molecule has 0 aromatic carbocycles. The summed E-state index contributed by atoms with van der Waals surface area (Å²) in [6, 6.07) is 5.88. The number of piperidine rings is 1. The Labute approximate surface area is 172 Å². The molecule has 0 radical (unpaired) electrons. The molecule has 1 aliphatic carbocycles. The van der Waals surface area contributed by atoms with E-state index in [0.717, 1.165) is 31.7 Å². The second kappa shape index (κ2) is 7.20. The first-order valence-electron chi connectivity index (χ1n) is 10.5. The van der Waals surface area contributed by atoms with Crippen molar-refractivity contribution in [2.75, 3.05) is 32.7 Å². The van der Waals surface area contributed by atoms with Gasteiger partial charge in [-0.15, -0.1) is 0 Å². The quantitative estimate of drug-likeness (QED) is 0.720. The normalized spacial score (nSPS) is 29.4. The van der Waals surface area contributed by atoms with E-state index in [1.54, 1.807) is 11.1 Å². The van der Waals surface area contributed by atoms with Crippen LogP contribution in [0.25, 0.3) is 0 Å². The molecule has 7 nitrogen and oxygen atoms in total. The fourth-order valence-electron chi connectivity index (χ4n) is 5.16. The summed E-state index contributed by atoms with van der Waals surface area (Å²) in [5, 5.41) is 0. The van der Waals surface area contributed by atoms with Gasteiger partial charge < -0.3 is 4.90 Å².